The van der Waals surface area contributed by atoms with Crippen LogP contribution in [0.3, 0.4) is 0 Å². The monoisotopic (exact) mass is 550 g/mol. The zero-order chi connectivity index (χ0) is 27.9. The van der Waals surface area contributed by atoms with E-state index >= 15 is 0 Å². The van der Waals surface area contributed by atoms with E-state index in [1.54, 1.807) is 26.0 Å². The van der Waals surface area contributed by atoms with Crippen LogP contribution in [0.25, 0.3) is 0 Å². The van der Waals surface area contributed by atoms with E-state index in [-0.39, 0.29) is 35.1 Å². The molecule has 0 saturated heterocycles. The van der Waals surface area contributed by atoms with Crippen molar-refractivity contribution in [1.82, 2.24) is 0 Å². The van der Waals surface area contributed by atoms with Gasteiger partial charge in [-0.25, -0.2) is 13.2 Å². The molecule has 202 valence electrons. The molecular weight excluding hydrogens is 525 g/mol. The zero-order valence-electron chi connectivity index (χ0n) is 20.3. The van der Waals surface area contributed by atoms with Gasteiger partial charge in [0.25, 0.3) is 10.0 Å². The van der Waals surface area contributed by atoms with Crippen LogP contribution >= 0.6 is 0 Å². The number of halogens is 3. The van der Waals surface area contributed by atoms with Gasteiger partial charge in [-0.15, -0.1) is 0 Å². The molecule has 0 radical (unpaired) electrons. The van der Waals surface area contributed by atoms with Crippen LogP contribution in [0.4, 0.5) is 40.7 Å². The Hall–Kier alpha value is -4.26. The number of aryl methyl sites for hydroxylation is 1. The number of esters is 1. The molecule has 0 aliphatic rings. The molecule has 3 aromatic rings. The van der Waals surface area contributed by atoms with Crippen LogP contribution in [0.2, 0.25) is 0 Å². The number of rotatable bonds is 9. The molecule has 0 aromatic heterocycles. The Bertz CT molecular complexity index is 1410. The summed E-state index contributed by atoms with van der Waals surface area (Å²) in [5.74, 6) is -0.426. The van der Waals surface area contributed by atoms with Crippen molar-refractivity contribution in [3.8, 4) is 0 Å². The number of carbonyl (C=O) groups is 2. The van der Waals surface area contributed by atoms with Crippen LogP contribution in [-0.2, 0) is 25.7 Å². The average molecular weight is 551 g/mol. The number of amides is 2. The highest BCUT2D eigenvalue weighted by molar-refractivity contribution is 7.92. The smallest absolute Gasteiger partial charge is 0.416 e. The third kappa shape index (κ3) is 7.87. The maximum absolute atomic E-state index is 13.0. The fraction of sp³-hybridized carbons (Fsp3) is 0.200. The largest absolute Gasteiger partial charge is 0.465 e. The highest BCUT2D eigenvalue weighted by Gasteiger charge is 2.30. The molecule has 0 saturated carbocycles. The number of ether oxygens (including phenoxy) is 1. The van der Waals surface area contributed by atoms with Crippen LogP contribution in [0, 0.1) is 6.92 Å². The Morgan fingerprint density at radius 1 is 0.868 bits per heavy atom. The Kier molecular flexibility index (Phi) is 8.84. The van der Waals surface area contributed by atoms with Crippen molar-refractivity contribution >= 4 is 44.8 Å². The Morgan fingerprint density at radius 2 is 1.47 bits per heavy atom. The summed E-state index contributed by atoms with van der Waals surface area (Å²) in [6.45, 7) is 3.49. The Morgan fingerprint density at radius 3 is 2.11 bits per heavy atom. The predicted octanol–water partition coefficient (Wildman–Crippen LogP) is 5.43. The van der Waals surface area contributed by atoms with Gasteiger partial charge in [-0.2, -0.15) is 13.2 Å². The van der Waals surface area contributed by atoms with Crippen LogP contribution in [0.15, 0.2) is 71.6 Å². The molecule has 0 spiro atoms. The first-order chi connectivity index (χ1) is 17.9. The lowest BCUT2D eigenvalue weighted by molar-refractivity contribution is -0.141. The number of anilines is 4. The molecule has 0 heterocycles. The molecule has 38 heavy (non-hydrogen) atoms. The first kappa shape index (κ1) is 28.3. The van der Waals surface area contributed by atoms with Crippen molar-refractivity contribution < 1.29 is 35.9 Å². The van der Waals surface area contributed by atoms with E-state index in [0.717, 1.165) is 18.2 Å². The maximum Gasteiger partial charge on any atom is 0.416 e. The van der Waals surface area contributed by atoms with Gasteiger partial charge in [-0.1, -0.05) is 12.1 Å². The van der Waals surface area contributed by atoms with Crippen LogP contribution in [0.1, 0.15) is 18.1 Å². The SMILES string of the molecule is CCOC(=O)CNc1ccc(NS(=O)(=O)c2cc(NC(=O)Nc3cccc(C(F)(F)F)c3)ccc2C)cc1. The normalized spacial score (nSPS) is 11.4. The first-order valence-electron chi connectivity index (χ1n) is 11.3. The molecule has 0 aliphatic carbocycles. The van der Waals surface area contributed by atoms with E-state index < -0.39 is 33.8 Å². The molecule has 0 bridgehead atoms. The van der Waals surface area contributed by atoms with Crippen LogP contribution < -0.4 is 20.7 Å². The minimum atomic E-state index is -4.57. The van der Waals surface area contributed by atoms with Crippen molar-refractivity contribution in [3.05, 3.63) is 77.9 Å². The molecule has 0 fully saturated rings. The van der Waals surface area contributed by atoms with Crippen LogP contribution in [-0.4, -0.2) is 33.6 Å². The summed E-state index contributed by atoms with van der Waals surface area (Å²) in [4.78, 5) is 23.7. The summed E-state index contributed by atoms with van der Waals surface area (Å²) >= 11 is 0. The van der Waals surface area contributed by atoms with Gasteiger partial charge in [-0.05, 0) is 74.0 Å². The molecule has 2 amide bonds. The first-order valence-corrected chi connectivity index (χ1v) is 12.7. The summed E-state index contributed by atoms with van der Waals surface area (Å²) in [5.41, 5.74) is 0.335. The zero-order valence-corrected chi connectivity index (χ0v) is 21.2. The summed E-state index contributed by atoms with van der Waals surface area (Å²) < 4.78 is 72.0. The highest BCUT2D eigenvalue weighted by Crippen LogP contribution is 2.31. The van der Waals surface area contributed by atoms with Gasteiger partial charge in [0.05, 0.1) is 17.1 Å². The van der Waals surface area contributed by atoms with Gasteiger partial charge in [-0.3, -0.25) is 9.52 Å². The van der Waals surface area contributed by atoms with Gasteiger partial charge >= 0.3 is 18.2 Å². The van der Waals surface area contributed by atoms with Gasteiger partial charge in [0.1, 0.15) is 6.54 Å². The summed E-state index contributed by atoms with van der Waals surface area (Å²) in [6.07, 6.45) is -4.57. The molecule has 4 N–H and O–H groups in total. The van der Waals surface area contributed by atoms with E-state index in [0.29, 0.717) is 11.3 Å². The summed E-state index contributed by atoms with van der Waals surface area (Å²) in [7, 11) is -4.07. The van der Waals surface area contributed by atoms with E-state index in [1.807, 2.05) is 0 Å². The number of sulfonamides is 1. The van der Waals surface area contributed by atoms with Crippen molar-refractivity contribution in [2.75, 3.05) is 33.8 Å². The number of hydrogen-bond acceptors (Lipinski definition) is 6. The van der Waals surface area contributed by atoms with Gasteiger partial charge < -0.3 is 20.7 Å². The maximum atomic E-state index is 13.0. The van der Waals surface area contributed by atoms with E-state index in [9.17, 15) is 31.2 Å². The minimum absolute atomic E-state index is 0.0424. The number of alkyl halides is 3. The van der Waals surface area contributed by atoms with Crippen molar-refractivity contribution in [2.24, 2.45) is 0 Å². The molecule has 0 atom stereocenters. The third-order valence-electron chi connectivity index (χ3n) is 5.06. The molecule has 9 nitrogen and oxygen atoms in total. The lowest BCUT2D eigenvalue weighted by atomic mass is 10.2. The number of benzene rings is 3. The minimum Gasteiger partial charge on any atom is -0.465 e. The highest BCUT2D eigenvalue weighted by atomic mass is 32.2. The van der Waals surface area contributed by atoms with Crippen molar-refractivity contribution in [1.29, 1.82) is 0 Å². The van der Waals surface area contributed by atoms with E-state index in [1.165, 1.54) is 36.4 Å². The lowest BCUT2D eigenvalue weighted by Crippen LogP contribution is -2.20. The second-order valence-corrected chi connectivity index (χ2v) is 9.63. The second kappa shape index (κ2) is 11.9. The second-order valence-electron chi connectivity index (χ2n) is 7.98. The predicted molar refractivity (Wildman–Crippen MR) is 138 cm³/mol. The molecule has 0 aliphatic heterocycles. The van der Waals surface area contributed by atoms with Crippen molar-refractivity contribution in [2.45, 2.75) is 24.9 Å². The molecule has 3 rings (SSSR count). The summed E-state index contributed by atoms with van der Waals surface area (Å²) in [6, 6.07) is 13.6. The van der Waals surface area contributed by atoms with E-state index in [4.69, 9.17) is 4.74 Å². The number of urea groups is 1. The average Bonchev–Trinajstić information content (AvgIpc) is 2.84. The molecular formula is C25H25F3N4O5S. The standard InChI is InChI=1S/C25H25F3N4O5S/c1-3-37-23(33)15-29-18-9-11-19(12-10-18)32-38(35,36)22-14-21(8-7-16(22)2)31-24(34)30-20-6-4-5-17(13-20)25(26,27)28/h4-14,29,32H,3,15H2,1-2H3,(H2,30,31,34). The van der Waals surface area contributed by atoms with Gasteiger partial charge in [0, 0.05) is 22.7 Å². The number of nitrogens with one attached hydrogen (secondary N) is 4. The fourth-order valence-electron chi connectivity index (χ4n) is 3.29. The molecule has 13 heteroatoms. The summed E-state index contributed by atoms with van der Waals surface area (Å²) in [5, 5.41) is 7.58. The fourth-order valence-corrected chi connectivity index (χ4v) is 4.62. The Balaban J connectivity index is 1.68. The van der Waals surface area contributed by atoms with Gasteiger partial charge in [0.2, 0.25) is 0 Å². The third-order valence-corrected chi connectivity index (χ3v) is 6.59. The lowest BCUT2D eigenvalue weighted by Gasteiger charge is -2.14. The van der Waals surface area contributed by atoms with Gasteiger partial charge in [0.15, 0.2) is 0 Å². The Labute approximate surface area is 217 Å². The van der Waals surface area contributed by atoms with Crippen molar-refractivity contribution in [3.63, 3.8) is 0 Å². The van der Waals surface area contributed by atoms with E-state index in [2.05, 4.69) is 20.7 Å². The van der Waals surface area contributed by atoms with Crippen LogP contribution in [0.5, 0.6) is 0 Å². The molecule has 0 unspecified atom stereocenters. The quantitative estimate of drug-likeness (QED) is 0.263. The molecule has 3 aromatic carbocycles. The number of carbonyl (C=O) groups excluding carboxylic acids is 2. The topological polar surface area (TPSA) is 126 Å². The number of hydrogen-bond donors (Lipinski definition) is 4.